The summed E-state index contributed by atoms with van der Waals surface area (Å²) in [5.41, 5.74) is 2.35. The molecule has 1 saturated heterocycles. The van der Waals surface area contributed by atoms with Gasteiger partial charge in [0.05, 0.1) is 0 Å². The Balaban J connectivity index is 1.86. The fourth-order valence-corrected chi connectivity index (χ4v) is 3.25. The van der Waals surface area contributed by atoms with Crippen LogP contribution in [-0.2, 0) is 0 Å². The van der Waals surface area contributed by atoms with Gasteiger partial charge in [0.15, 0.2) is 0 Å². The van der Waals surface area contributed by atoms with E-state index >= 15 is 0 Å². The number of unbranched alkanes of at least 4 members (excludes halogenated alkanes) is 3. The largest absolute Gasteiger partial charge is 0.339 e. The van der Waals surface area contributed by atoms with Gasteiger partial charge in [-0.2, -0.15) is 0 Å². The first-order valence-electron chi connectivity index (χ1n) is 9.96. The van der Waals surface area contributed by atoms with Crippen LogP contribution >= 0.6 is 0 Å². The topological polar surface area (TPSA) is 61.4 Å². The van der Waals surface area contributed by atoms with Crippen LogP contribution < -0.4 is 10.6 Å². The summed E-state index contributed by atoms with van der Waals surface area (Å²) in [6.07, 6.45) is 6.68. The molecule has 1 fully saturated rings. The molecule has 1 heterocycles. The first-order chi connectivity index (χ1) is 12.5. The number of aryl methyl sites for hydroxylation is 1. The van der Waals surface area contributed by atoms with Gasteiger partial charge in [-0.1, -0.05) is 33.1 Å². The molecule has 1 aliphatic heterocycles. The number of hydrogen-bond donors (Lipinski definition) is 2. The third-order valence-electron chi connectivity index (χ3n) is 5.11. The molecule has 1 aliphatic rings. The van der Waals surface area contributed by atoms with Gasteiger partial charge in [-0.3, -0.25) is 4.79 Å². The van der Waals surface area contributed by atoms with E-state index in [0.717, 1.165) is 50.0 Å². The van der Waals surface area contributed by atoms with Crippen LogP contribution in [0.4, 0.5) is 10.5 Å². The van der Waals surface area contributed by atoms with Crippen LogP contribution in [0.15, 0.2) is 18.2 Å². The molecule has 0 aliphatic carbocycles. The van der Waals surface area contributed by atoms with Gasteiger partial charge in [0.2, 0.25) is 0 Å². The number of benzene rings is 1. The predicted octanol–water partition coefficient (Wildman–Crippen LogP) is 4.57. The molecule has 0 atom stereocenters. The Hall–Kier alpha value is -2.04. The van der Waals surface area contributed by atoms with Crippen LogP contribution in [0.1, 0.15) is 68.3 Å². The first kappa shape index (κ1) is 20.3. The Bertz CT molecular complexity index is 607. The summed E-state index contributed by atoms with van der Waals surface area (Å²) in [7, 11) is 0. The highest BCUT2D eigenvalue weighted by atomic mass is 16.2. The maximum absolute atomic E-state index is 12.6. The van der Waals surface area contributed by atoms with E-state index in [0.29, 0.717) is 18.0 Å². The molecule has 1 aromatic carbocycles. The van der Waals surface area contributed by atoms with Crippen molar-refractivity contribution < 1.29 is 9.59 Å². The van der Waals surface area contributed by atoms with Crippen molar-refractivity contribution in [2.24, 2.45) is 5.92 Å². The fraction of sp³-hybridized carbons (Fsp3) is 0.619. The Morgan fingerprint density at radius 2 is 1.88 bits per heavy atom. The first-order valence-corrected chi connectivity index (χ1v) is 9.96. The van der Waals surface area contributed by atoms with E-state index in [-0.39, 0.29) is 11.9 Å². The minimum absolute atomic E-state index is 0.0897. The molecule has 26 heavy (non-hydrogen) atoms. The minimum Gasteiger partial charge on any atom is -0.339 e. The fourth-order valence-electron chi connectivity index (χ4n) is 3.25. The Morgan fingerprint density at radius 3 is 2.54 bits per heavy atom. The molecule has 1 aromatic rings. The number of likely N-dealkylation sites (tertiary alicyclic amines) is 1. The summed E-state index contributed by atoms with van der Waals surface area (Å²) in [5, 5.41) is 5.76. The zero-order chi connectivity index (χ0) is 18.9. The summed E-state index contributed by atoms with van der Waals surface area (Å²) in [6.45, 7) is 8.68. The summed E-state index contributed by atoms with van der Waals surface area (Å²) in [6, 6.07) is 5.32. The number of anilines is 1. The molecule has 144 valence electrons. The quantitative estimate of drug-likeness (QED) is 0.701. The number of carbonyl (C=O) groups is 2. The molecule has 2 N–H and O–H groups in total. The SMILES string of the molecule is CCCCCCNC(=O)Nc1ccc(C(=O)N2CCC(C)CC2)cc1C. The number of rotatable bonds is 7. The number of nitrogens with zero attached hydrogens (tertiary/aromatic N) is 1. The number of nitrogens with one attached hydrogen (secondary N) is 2. The maximum Gasteiger partial charge on any atom is 0.319 e. The zero-order valence-corrected chi connectivity index (χ0v) is 16.4. The number of hydrogen-bond acceptors (Lipinski definition) is 2. The molecular formula is C21H33N3O2. The number of carbonyl (C=O) groups excluding carboxylic acids is 2. The maximum atomic E-state index is 12.6. The average molecular weight is 360 g/mol. The van der Waals surface area contributed by atoms with Gasteiger partial charge in [0.25, 0.3) is 5.91 Å². The van der Waals surface area contributed by atoms with Crippen LogP contribution in [0, 0.1) is 12.8 Å². The molecule has 0 radical (unpaired) electrons. The van der Waals surface area contributed by atoms with Crippen molar-refractivity contribution in [1.82, 2.24) is 10.2 Å². The molecule has 0 aromatic heterocycles. The van der Waals surface area contributed by atoms with E-state index in [4.69, 9.17) is 0 Å². The molecule has 0 spiro atoms. The molecule has 5 heteroatoms. The summed E-state index contributed by atoms with van der Waals surface area (Å²) >= 11 is 0. The third-order valence-corrected chi connectivity index (χ3v) is 5.11. The average Bonchev–Trinajstić information content (AvgIpc) is 2.63. The summed E-state index contributed by atoms with van der Waals surface area (Å²) in [4.78, 5) is 26.6. The van der Waals surface area contributed by atoms with E-state index in [1.165, 1.54) is 12.8 Å². The summed E-state index contributed by atoms with van der Waals surface area (Å²) < 4.78 is 0. The van der Waals surface area contributed by atoms with Crippen molar-refractivity contribution in [2.75, 3.05) is 25.0 Å². The molecule has 0 saturated carbocycles. The highest BCUT2D eigenvalue weighted by Crippen LogP contribution is 2.21. The second-order valence-corrected chi connectivity index (χ2v) is 7.45. The Morgan fingerprint density at radius 1 is 1.15 bits per heavy atom. The molecule has 0 bridgehead atoms. The van der Waals surface area contributed by atoms with Gasteiger partial charge in [-0.15, -0.1) is 0 Å². The number of amides is 3. The molecular weight excluding hydrogens is 326 g/mol. The van der Waals surface area contributed by atoms with Gasteiger partial charge in [-0.25, -0.2) is 4.79 Å². The van der Waals surface area contributed by atoms with Crippen molar-refractivity contribution in [3.63, 3.8) is 0 Å². The normalized spacial score (nSPS) is 15.0. The predicted molar refractivity (Wildman–Crippen MR) is 107 cm³/mol. The van der Waals surface area contributed by atoms with Crippen LogP contribution in [0.5, 0.6) is 0 Å². The second kappa shape index (κ2) is 10.2. The minimum atomic E-state index is -0.186. The van der Waals surface area contributed by atoms with E-state index in [1.54, 1.807) is 0 Å². The standard InChI is InChI=1S/C21H33N3O2/c1-4-5-6-7-12-22-21(26)23-19-9-8-18(15-17(19)3)20(25)24-13-10-16(2)11-14-24/h8-9,15-16H,4-7,10-14H2,1-3H3,(H2,22,23,26). The number of piperidine rings is 1. The zero-order valence-electron chi connectivity index (χ0n) is 16.4. The summed E-state index contributed by atoms with van der Waals surface area (Å²) in [5.74, 6) is 0.791. The monoisotopic (exact) mass is 359 g/mol. The van der Waals surface area contributed by atoms with Gasteiger partial charge in [-0.05, 0) is 55.9 Å². The highest BCUT2D eigenvalue weighted by molar-refractivity contribution is 5.96. The van der Waals surface area contributed by atoms with Crippen molar-refractivity contribution in [2.45, 2.75) is 59.3 Å². The van der Waals surface area contributed by atoms with E-state index in [9.17, 15) is 9.59 Å². The van der Waals surface area contributed by atoms with Crippen molar-refractivity contribution in [3.05, 3.63) is 29.3 Å². The van der Waals surface area contributed by atoms with Crippen molar-refractivity contribution >= 4 is 17.6 Å². The van der Waals surface area contributed by atoms with Gasteiger partial charge < -0.3 is 15.5 Å². The van der Waals surface area contributed by atoms with E-state index < -0.39 is 0 Å². The molecule has 2 rings (SSSR count). The van der Waals surface area contributed by atoms with E-state index in [2.05, 4.69) is 24.5 Å². The second-order valence-electron chi connectivity index (χ2n) is 7.45. The van der Waals surface area contributed by atoms with Crippen molar-refractivity contribution in [3.8, 4) is 0 Å². The van der Waals surface area contributed by atoms with Crippen LogP contribution in [0.25, 0.3) is 0 Å². The number of urea groups is 1. The van der Waals surface area contributed by atoms with Crippen molar-refractivity contribution in [1.29, 1.82) is 0 Å². The van der Waals surface area contributed by atoms with Gasteiger partial charge in [0.1, 0.15) is 0 Å². The molecule has 0 unspecified atom stereocenters. The lowest BCUT2D eigenvalue weighted by Crippen LogP contribution is -2.37. The Labute approximate surface area is 157 Å². The smallest absolute Gasteiger partial charge is 0.319 e. The van der Waals surface area contributed by atoms with Crippen LogP contribution in [0.3, 0.4) is 0 Å². The van der Waals surface area contributed by atoms with Crippen LogP contribution in [0.2, 0.25) is 0 Å². The van der Waals surface area contributed by atoms with Gasteiger partial charge in [0, 0.05) is 30.9 Å². The highest BCUT2D eigenvalue weighted by Gasteiger charge is 2.21. The van der Waals surface area contributed by atoms with Crippen LogP contribution in [-0.4, -0.2) is 36.5 Å². The lowest BCUT2D eigenvalue weighted by atomic mass is 9.98. The third kappa shape index (κ3) is 6.04. The lowest BCUT2D eigenvalue weighted by molar-refractivity contribution is 0.0697. The molecule has 3 amide bonds. The van der Waals surface area contributed by atoms with Gasteiger partial charge >= 0.3 is 6.03 Å². The lowest BCUT2D eigenvalue weighted by Gasteiger charge is -2.30. The Kier molecular flexibility index (Phi) is 7.95. The van der Waals surface area contributed by atoms with E-state index in [1.807, 2.05) is 30.0 Å². The molecule has 5 nitrogen and oxygen atoms in total.